The second-order valence-electron chi connectivity index (χ2n) is 9.38. The third-order valence-corrected chi connectivity index (χ3v) is 6.82. The first kappa shape index (κ1) is 23.5. The van der Waals surface area contributed by atoms with E-state index in [-0.39, 0.29) is 11.7 Å². The molecule has 40 heavy (non-hydrogen) atoms. The molecule has 3 N–H and O–H groups in total. The van der Waals surface area contributed by atoms with Gasteiger partial charge >= 0.3 is 0 Å². The minimum atomic E-state index is -0.273. The number of benzene rings is 3. The van der Waals surface area contributed by atoms with Crippen LogP contribution in [0.25, 0.3) is 55.7 Å². The number of H-pyrrole nitrogens is 2. The molecule has 0 radical (unpaired) electrons. The molecule has 7 nitrogen and oxygen atoms in total. The van der Waals surface area contributed by atoms with Gasteiger partial charge in [-0.1, -0.05) is 48.5 Å². The van der Waals surface area contributed by atoms with Crippen molar-refractivity contribution in [1.29, 1.82) is 0 Å². The molecule has 0 saturated heterocycles. The summed E-state index contributed by atoms with van der Waals surface area (Å²) in [6.07, 6.45) is 3.31. The highest BCUT2D eigenvalue weighted by Crippen LogP contribution is 2.35. The number of amides is 1. The Morgan fingerprint density at radius 3 is 2.50 bits per heavy atom. The summed E-state index contributed by atoms with van der Waals surface area (Å²) in [4.78, 5) is 25.3. The van der Waals surface area contributed by atoms with Crippen LogP contribution in [0.15, 0.2) is 109 Å². The number of hydrogen-bond donors (Lipinski definition) is 3. The van der Waals surface area contributed by atoms with E-state index in [9.17, 15) is 9.18 Å². The molecule has 0 saturated carbocycles. The number of pyridine rings is 2. The van der Waals surface area contributed by atoms with Gasteiger partial charge in [0.05, 0.1) is 28.8 Å². The van der Waals surface area contributed by atoms with E-state index in [4.69, 9.17) is 4.98 Å². The molecule has 8 heteroatoms. The largest absolute Gasteiger partial charge is 0.353 e. The number of aromatic nitrogens is 5. The summed E-state index contributed by atoms with van der Waals surface area (Å²) in [6.45, 7) is 0. The molecular formula is C32H21FN6O. The van der Waals surface area contributed by atoms with Crippen LogP contribution >= 0.6 is 0 Å². The monoisotopic (exact) mass is 524 g/mol. The van der Waals surface area contributed by atoms with Crippen LogP contribution in [0.4, 0.5) is 10.1 Å². The lowest BCUT2D eigenvalue weighted by Crippen LogP contribution is -2.11. The standard InChI is InChI=1S/C32H21FN6O/c33-25-11-5-4-9-23(25)22-10-6-12-27-24(22)16-29(36-27)31-30-28(38-39-31)14-13-26(37-30)20-15-21(18-34-17-20)35-32(40)19-7-2-1-3-8-19/h1-18,36H,(H,35,40)(H,38,39). The molecule has 1 amide bonds. The fraction of sp³-hybridized carbons (Fsp3) is 0. The maximum absolute atomic E-state index is 14.6. The number of nitrogens with one attached hydrogen (secondary N) is 3. The zero-order valence-electron chi connectivity index (χ0n) is 21.0. The predicted octanol–water partition coefficient (Wildman–Crippen LogP) is 7.23. The number of nitrogens with zero attached hydrogens (tertiary/aromatic N) is 3. The van der Waals surface area contributed by atoms with Crippen molar-refractivity contribution in [2.45, 2.75) is 0 Å². The molecule has 7 aromatic rings. The van der Waals surface area contributed by atoms with Gasteiger partial charge in [-0.15, -0.1) is 0 Å². The van der Waals surface area contributed by atoms with Crippen molar-refractivity contribution in [2.75, 3.05) is 5.32 Å². The second kappa shape index (κ2) is 9.59. The molecule has 4 heterocycles. The Kier molecular flexibility index (Phi) is 5.63. The lowest BCUT2D eigenvalue weighted by Gasteiger charge is -2.07. The highest BCUT2D eigenvalue weighted by atomic mass is 19.1. The van der Waals surface area contributed by atoms with E-state index in [0.717, 1.165) is 33.2 Å². The van der Waals surface area contributed by atoms with Crippen LogP contribution in [0.1, 0.15) is 10.4 Å². The molecule has 4 aromatic heterocycles. The molecule has 0 aliphatic carbocycles. The van der Waals surface area contributed by atoms with Crippen molar-refractivity contribution < 1.29 is 9.18 Å². The van der Waals surface area contributed by atoms with Crippen LogP contribution < -0.4 is 5.32 Å². The first-order chi connectivity index (χ1) is 19.6. The molecule has 0 bridgehead atoms. The fourth-order valence-corrected chi connectivity index (χ4v) is 4.89. The average Bonchev–Trinajstić information content (AvgIpc) is 3.62. The van der Waals surface area contributed by atoms with Crippen molar-refractivity contribution >= 4 is 33.5 Å². The molecule has 7 rings (SSSR count). The molecule has 0 aliphatic rings. The fourth-order valence-electron chi connectivity index (χ4n) is 4.89. The lowest BCUT2D eigenvalue weighted by molar-refractivity contribution is 0.102. The van der Waals surface area contributed by atoms with Crippen LogP contribution in [0.2, 0.25) is 0 Å². The Balaban J connectivity index is 1.26. The topological polar surface area (TPSA) is 99.4 Å². The molecular weight excluding hydrogens is 503 g/mol. The molecule has 3 aromatic carbocycles. The van der Waals surface area contributed by atoms with Gasteiger partial charge in [0.15, 0.2) is 0 Å². The van der Waals surface area contributed by atoms with Crippen LogP contribution in [-0.2, 0) is 0 Å². The van der Waals surface area contributed by atoms with Crippen LogP contribution in [0, 0.1) is 5.82 Å². The van der Waals surface area contributed by atoms with Crippen molar-refractivity contribution in [3.63, 3.8) is 0 Å². The molecule has 0 aliphatic heterocycles. The third kappa shape index (κ3) is 4.17. The molecule has 0 fully saturated rings. The van der Waals surface area contributed by atoms with E-state index in [1.165, 1.54) is 6.07 Å². The van der Waals surface area contributed by atoms with Crippen LogP contribution in [-0.4, -0.2) is 31.1 Å². The number of halogens is 1. The van der Waals surface area contributed by atoms with E-state index in [0.29, 0.717) is 33.7 Å². The van der Waals surface area contributed by atoms with E-state index in [2.05, 4.69) is 25.5 Å². The minimum Gasteiger partial charge on any atom is -0.353 e. The first-order valence-corrected chi connectivity index (χ1v) is 12.7. The highest BCUT2D eigenvalue weighted by molar-refractivity contribution is 6.04. The number of rotatable bonds is 5. The first-order valence-electron chi connectivity index (χ1n) is 12.7. The summed E-state index contributed by atoms with van der Waals surface area (Å²) >= 11 is 0. The average molecular weight is 525 g/mol. The maximum Gasteiger partial charge on any atom is 0.255 e. The van der Waals surface area contributed by atoms with Gasteiger partial charge in [-0.2, -0.15) is 5.10 Å². The summed E-state index contributed by atoms with van der Waals surface area (Å²) in [6, 6.07) is 29.1. The summed E-state index contributed by atoms with van der Waals surface area (Å²) in [5.41, 5.74) is 7.62. The van der Waals surface area contributed by atoms with Gasteiger partial charge in [0, 0.05) is 33.8 Å². The third-order valence-electron chi connectivity index (χ3n) is 6.82. The zero-order valence-corrected chi connectivity index (χ0v) is 21.0. The molecule has 0 spiro atoms. The Bertz CT molecular complexity index is 2030. The highest BCUT2D eigenvalue weighted by Gasteiger charge is 2.17. The summed E-state index contributed by atoms with van der Waals surface area (Å²) < 4.78 is 14.6. The van der Waals surface area contributed by atoms with Gasteiger partial charge in [-0.05, 0) is 54.1 Å². The predicted molar refractivity (Wildman–Crippen MR) is 154 cm³/mol. The number of fused-ring (bicyclic) bond motifs is 2. The number of hydrogen-bond acceptors (Lipinski definition) is 4. The Hall–Kier alpha value is -5.63. The molecule has 192 valence electrons. The molecule has 0 unspecified atom stereocenters. The Labute approximate surface area is 227 Å². The van der Waals surface area contributed by atoms with Gasteiger partial charge in [0.25, 0.3) is 5.91 Å². The van der Waals surface area contributed by atoms with Crippen molar-refractivity contribution in [2.24, 2.45) is 0 Å². The SMILES string of the molecule is O=C(Nc1cncc(-c2ccc3[nH]nc(-c4cc5c(-c6ccccc6F)cccc5[nH]4)c3n2)c1)c1ccccc1. The Morgan fingerprint density at radius 1 is 0.800 bits per heavy atom. The van der Waals surface area contributed by atoms with Crippen molar-refractivity contribution in [1.82, 2.24) is 25.1 Å². The van der Waals surface area contributed by atoms with Gasteiger partial charge in [0.1, 0.15) is 17.0 Å². The minimum absolute atomic E-state index is 0.214. The van der Waals surface area contributed by atoms with E-state index < -0.39 is 0 Å². The smallest absolute Gasteiger partial charge is 0.255 e. The van der Waals surface area contributed by atoms with Gasteiger partial charge in [-0.3, -0.25) is 14.9 Å². The quantitative estimate of drug-likeness (QED) is 0.221. The van der Waals surface area contributed by atoms with Gasteiger partial charge in [-0.25, -0.2) is 9.37 Å². The van der Waals surface area contributed by atoms with E-state index in [1.807, 2.05) is 66.7 Å². The van der Waals surface area contributed by atoms with E-state index in [1.54, 1.807) is 36.7 Å². The summed E-state index contributed by atoms with van der Waals surface area (Å²) in [5, 5.41) is 11.4. The Morgan fingerprint density at radius 2 is 1.62 bits per heavy atom. The maximum atomic E-state index is 14.6. The van der Waals surface area contributed by atoms with Gasteiger partial charge in [0.2, 0.25) is 0 Å². The number of carbonyl (C=O) groups is 1. The van der Waals surface area contributed by atoms with Gasteiger partial charge < -0.3 is 10.3 Å². The zero-order chi connectivity index (χ0) is 27.1. The number of anilines is 1. The summed E-state index contributed by atoms with van der Waals surface area (Å²) in [5.74, 6) is -0.487. The van der Waals surface area contributed by atoms with Crippen LogP contribution in [0.3, 0.4) is 0 Å². The number of carbonyl (C=O) groups excluding carboxylic acids is 1. The normalized spacial score (nSPS) is 11.2. The van der Waals surface area contributed by atoms with E-state index >= 15 is 0 Å². The van der Waals surface area contributed by atoms with Crippen LogP contribution in [0.5, 0.6) is 0 Å². The van der Waals surface area contributed by atoms with Crippen molar-refractivity contribution in [3.8, 4) is 33.8 Å². The van der Waals surface area contributed by atoms with Crippen molar-refractivity contribution in [3.05, 3.63) is 121 Å². The second-order valence-corrected chi connectivity index (χ2v) is 9.38. The summed E-state index contributed by atoms with van der Waals surface area (Å²) in [7, 11) is 0. The lowest BCUT2D eigenvalue weighted by atomic mass is 10.0. The number of aromatic amines is 2. The molecule has 0 atom stereocenters.